The van der Waals surface area contributed by atoms with Crippen molar-refractivity contribution in [1.82, 2.24) is 20.0 Å². The third-order valence-electron chi connectivity index (χ3n) is 4.33. The first-order valence-electron chi connectivity index (χ1n) is 7.95. The van der Waals surface area contributed by atoms with Crippen LogP contribution in [0.1, 0.15) is 6.42 Å². The first-order valence-corrected chi connectivity index (χ1v) is 7.95. The summed E-state index contributed by atoms with van der Waals surface area (Å²) in [6.07, 6.45) is 4.85. The van der Waals surface area contributed by atoms with Gasteiger partial charge in [0, 0.05) is 33.3 Å². The third kappa shape index (κ3) is 3.98. The number of likely N-dealkylation sites (tertiary alicyclic amines) is 1. The molecule has 0 saturated carbocycles. The molecule has 7 nitrogen and oxygen atoms in total. The molecule has 124 valence electrons. The van der Waals surface area contributed by atoms with Crippen molar-refractivity contribution in [2.45, 2.75) is 24.6 Å². The Bertz CT molecular complexity index is 467. The van der Waals surface area contributed by atoms with Crippen LogP contribution in [0.2, 0.25) is 0 Å². The average Bonchev–Trinajstić information content (AvgIpc) is 3.21. The smallest absolute Gasteiger partial charge is 0.157 e. The van der Waals surface area contributed by atoms with E-state index in [0.29, 0.717) is 19.3 Å². The normalized spacial score (nSPS) is 29.3. The molecule has 1 aromatic heterocycles. The summed E-state index contributed by atoms with van der Waals surface area (Å²) in [4.78, 5) is 2.44. The van der Waals surface area contributed by atoms with E-state index in [2.05, 4.69) is 15.3 Å². The van der Waals surface area contributed by atoms with Crippen LogP contribution in [0, 0.1) is 0 Å². The molecule has 2 aliphatic heterocycles. The van der Waals surface area contributed by atoms with Crippen LogP contribution in [0.5, 0.6) is 5.75 Å². The molecule has 1 N–H and O–H groups in total. The minimum Gasteiger partial charge on any atom is -0.483 e. The summed E-state index contributed by atoms with van der Waals surface area (Å²) >= 11 is 0. The lowest BCUT2D eigenvalue weighted by atomic mass is 10.1. The number of nitrogens with one attached hydrogen (secondary N) is 1. The highest BCUT2D eigenvalue weighted by molar-refractivity contribution is 5.12. The maximum atomic E-state index is 6.01. The molecule has 0 bridgehead atoms. The predicted octanol–water partition coefficient (Wildman–Crippen LogP) is -0.123. The van der Waals surface area contributed by atoms with E-state index in [1.54, 1.807) is 18.0 Å². The Morgan fingerprint density at radius 2 is 2.36 bits per heavy atom. The van der Waals surface area contributed by atoms with Crippen LogP contribution in [0.3, 0.4) is 0 Å². The molecule has 2 fully saturated rings. The van der Waals surface area contributed by atoms with Gasteiger partial charge in [0.05, 0.1) is 38.3 Å². The lowest BCUT2D eigenvalue weighted by molar-refractivity contribution is 0.138. The molecule has 1 aromatic rings. The van der Waals surface area contributed by atoms with Gasteiger partial charge < -0.3 is 19.5 Å². The van der Waals surface area contributed by atoms with E-state index in [1.807, 2.05) is 13.2 Å². The lowest BCUT2D eigenvalue weighted by Crippen LogP contribution is -2.48. The van der Waals surface area contributed by atoms with E-state index in [4.69, 9.17) is 14.2 Å². The predicted molar refractivity (Wildman–Crippen MR) is 82.1 cm³/mol. The number of aryl methyl sites for hydroxylation is 1. The summed E-state index contributed by atoms with van der Waals surface area (Å²) in [6.45, 7) is 5.34. The van der Waals surface area contributed by atoms with Gasteiger partial charge in [0.2, 0.25) is 0 Å². The average molecular weight is 310 g/mol. The van der Waals surface area contributed by atoms with Crippen molar-refractivity contribution in [1.29, 1.82) is 0 Å². The van der Waals surface area contributed by atoms with Gasteiger partial charge in [0.15, 0.2) is 5.75 Å². The molecule has 0 radical (unpaired) electrons. The number of hydrogen-bond donors (Lipinski definition) is 1. The third-order valence-corrected chi connectivity index (χ3v) is 4.33. The van der Waals surface area contributed by atoms with Crippen molar-refractivity contribution in [2.24, 2.45) is 7.05 Å². The van der Waals surface area contributed by atoms with Gasteiger partial charge in [-0.2, -0.15) is 5.10 Å². The largest absolute Gasteiger partial charge is 0.483 e. The second-order valence-corrected chi connectivity index (χ2v) is 6.10. The maximum Gasteiger partial charge on any atom is 0.157 e. The van der Waals surface area contributed by atoms with E-state index in [9.17, 15) is 0 Å². The molecule has 3 heterocycles. The minimum absolute atomic E-state index is 0.0530. The van der Waals surface area contributed by atoms with Crippen LogP contribution in [0.15, 0.2) is 12.4 Å². The van der Waals surface area contributed by atoms with Gasteiger partial charge in [-0.05, 0) is 13.0 Å². The standard InChI is InChI=1S/C15H26N4O3/c1-18-9-13(7-16-18)22-15-11-21-10-14(15)17-12-3-4-19(8-12)5-6-20-2/h7,9,12,14-15,17H,3-6,8,10-11H2,1-2H3/t12?,14-,15+/m0/s1. The van der Waals surface area contributed by atoms with Gasteiger partial charge in [-0.25, -0.2) is 0 Å². The maximum absolute atomic E-state index is 6.01. The molecule has 0 spiro atoms. The molecule has 3 atom stereocenters. The van der Waals surface area contributed by atoms with Crippen molar-refractivity contribution in [3.8, 4) is 5.75 Å². The Morgan fingerprint density at radius 1 is 1.45 bits per heavy atom. The molecule has 22 heavy (non-hydrogen) atoms. The summed E-state index contributed by atoms with van der Waals surface area (Å²) in [5.74, 6) is 0.804. The molecular weight excluding hydrogens is 284 g/mol. The molecule has 1 unspecified atom stereocenters. The monoisotopic (exact) mass is 310 g/mol. The van der Waals surface area contributed by atoms with Crippen LogP contribution >= 0.6 is 0 Å². The quantitative estimate of drug-likeness (QED) is 0.757. The Balaban J connectivity index is 1.47. The fourth-order valence-electron chi connectivity index (χ4n) is 3.14. The van der Waals surface area contributed by atoms with Gasteiger partial charge >= 0.3 is 0 Å². The summed E-state index contributed by atoms with van der Waals surface area (Å²) in [7, 11) is 3.64. The first-order chi connectivity index (χ1) is 10.7. The van der Waals surface area contributed by atoms with Gasteiger partial charge in [-0.1, -0.05) is 0 Å². The van der Waals surface area contributed by atoms with Crippen LogP contribution < -0.4 is 10.1 Å². The van der Waals surface area contributed by atoms with E-state index >= 15 is 0 Å². The fourth-order valence-corrected chi connectivity index (χ4v) is 3.14. The number of hydrogen-bond acceptors (Lipinski definition) is 6. The summed E-state index contributed by atoms with van der Waals surface area (Å²) < 4.78 is 18.5. The minimum atomic E-state index is 0.0530. The molecular formula is C15H26N4O3. The molecule has 2 saturated heterocycles. The number of rotatable bonds is 7. The fraction of sp³-hybridized carbons (Fsp3) is 0.800. The molecule has 0 amide bonds. The summed E-state index contributed by atoms with van der Waals surface area (Å²) in [5.41, 5.74) is 0. The van der Waals surface area contributed by atoms with Crippen molar-refractivity contribution >= 4 is 0 Å². The van der Waals surface area contributed by atoms with Crippen LogP contribution in [0.25, 0.3) is 0 Å². The van der Waals surface area contributed by atoms with E-state index in [0.717, 1.165) is 32.0 Å². The van der Waals surface area contributed by atoms with Crippen molar-refractivity contribution in [3.05, 3.63) is 12.4 Å². The molecule has 2 aliphatic rings. The topological polar surface area (TPSA) is 60.8 Å². The van der Waals surface area contributed by atoms with E-state index in [-0.39, 0.29) is 12.1 Å². The highest BCUT2D eigenvalue weighted by atomic mass is 16.5. The number of nitrogens with zero attached hydrogens (tertiary/aromatic N) is 3. The Morgan fingerprint density at radius 3 is 3.14 bits per heavy atom. The van der Waals surface area contributed by atoms with Gasteiger partial charge in [0.1, 0.15) is 6.10 Å². The van der Waals surface area contributed by atoms with Gasteiger partial charge in [0.25, 0.3) is 0 Å². The molecule has 3 rings (SSSR count). The van der Waals surface area contributed by atoms with Crippen molar-refractivity contribution < 1.29 is 14.2 Å². The molecule has 0 aliphatic carbocycles. The summed E-state index contributed by atoms with van der Waals surface area (Å²) in [6, 6.07) is 0.746. The van der Waals surface area contributed by atoms with Crippen molar-refractivity contribution in [3.63, 3.8) is 0 Å². The zero-order valence-corrected chi connectivity index (χ0v) is 13.4. The van der Waals surface area contributed by atoms with E-state index in [1.165, 1.54) is 6.42 Å². The van der Waals surface area contributed by atoms with Crippen LogP contribution in [-0.2, 0) is 16.5 Å². The Kier molecular flexibility index (Phi) is 5.30. The summed E-state index contributed by atoms with van der Waals surface area (Å²) in [5, 5.41) is 7.84. The second kappa shape index (κ2) is 7.41. The number of aromatic nitrogens is 2. The van der Waals surface area contributed by atoms with E-state index < -0.39 is 0 Å². The van der Waals surface area contributed by atoms with Crippen LogP contribution in [-0.4, -0.2) is 79.4 Å². The molecule has 7 heteroatoms. The highest BCUT2D eigenvalue weighted by Gasteiger charge is 2.33. The Labute approximate surface area is 131 Å². The number of methoxy groups -OCH3 is 1. The van der Waals surface area contributed by atoms with Gasteiger partial charge in [-0.15, -0.1) is 0 Å². The van der Waals surface area contributed by atoms with Crippen LogP contribution in [0.4, 0.5) is 0 Å². The molecule has 0 aromatic carbocycles. The highest BCUT2D eigenvalue weighted by Crippen LogP contribution is 2.18. The van der Waals surface area contributed by atoms with Gasteiger partial charge in [-0.3, -0.25) is 9.58 Å². The first kappa shape index (κ1) is 15.7. The van der Waals surface area contributed by atoms with Crippen molar-refractivity contribution in [2.75, 3.05) is 46.6 Å². The number of ether oxygens (including phenoxy) is 3. The Hall–Kier alpha value is -1.15. The second-order valence-electron chi connectivity index (χ2n) is 6.10. The zero-order valence-electron chi connectivity index (χ0n) is 13.4. The SMILES string of the molecule is COCCN1CCC(N[C@H]2COC[C@H]2Oc2cnn(C)c2)C1. The zero-order chi connectivity index (χ0) is 15.4. The lowest BCUT2D eigenvalue weighted by Gasteiger charge is -2.23.